The monoisotopic (exact) mass is 277 g/mol. The molecule has 1 unspecified atom stereocenters. The molecule has 7 heteroatoms. The highest BCUT2D eigenvalue weighted by Crippen LogP contribution is 2.33. The third-order valence-electron chi connectivity index (χ3n) is 3.13. The van der Waals surface area contributed by atoms with Gasteiger partial charge < -0.3 is 4.90 Å². The first kappa shape index (κ1) is 12.1. The summed E-state index contributed by atoms with van der Waals surface area (Å²) in [4.78, 5) is 28.4. The molecule has 0 amide bonds. The fourth-order valence-electron chi connectivity index (χ4n) is 2.36. The van der Waals surface area contributed by atoms with E-state index in [1.54, 1.807) is 24.5 Å². The Kier molecular flexibility index (Phi) is 3.16. The fraction of sp³-hybridized carbons (Fsp3) is 0.333. The molecule has 1 aliphatic heterocycles. The van der Waals surface area contributed by atoms with E-state index in [2.05, 4.69) is 19.9 Å². The summed E-state index contributed by atoms with van der Waals surface area (Å²) in [5.74, 6) is 1.32. The molecule has 6 nitrogen and oxygen atoms in total. The Bertz CT molecular complexity index is 630. The Morgan fingerprint density at radius 2 is 2.16 bits per heavy atom. The minimum absolute atomic E-state index is 0.0477. The van der Waals surface area contributed by atoms with E-state index in [1.165, 1.54) is 0 Å². The van der Waals surface area contributed by atoms with E-state index in [0.29, 0.717) is 5.82 Å². The molecule has 0 aromatic carbocycles. The van der Waals surface area contributed by atoms with Gasteiger partial charge >= 0.3 is 5.69 Å². The summed E-state index contributed by atoms with van der Waals surface area (Å²) >= 11 is 5.87. The van der Waals surface area contributed by atoms with Crippen molar-refractivity contribution in [2.75, 3.05) is 11.4 Å². The van der Waals surface area contributed by atoms with Gasteiger partial charge in [0.25, 0.3) is 0 Å². The smallest absolute Gasteiger partial charge is 0.346 e. The molecule has 98 valence electrons. The molecule has 19 heavy (non-hydrogen) atoms. The molecule has 1 saturated heterocycles. The molecule has 1 aliphatic rings. The summed E-state index contributed by atoms with van der Waals surface area (Å²) in [6, 6.07) is 3.49. The first-order valence-corrected chi connectivity index (χ1v) is 6.42. The average Bonchev–Trinajstić information content (AvgIpc) is 2.88. The summed E-state index contributed by atoms with van der Waals surface area (Å²) < 4.78 is 0. The number of rotatable bonds is 2. The average molecular weight is 278 g/mol. The maximum atomic E-state index is 11.4. The van der Waals surface area contributed by atoms with Crippen LogP contribution in [-0.2, 0) is 0 Å². The standard InChI is InChI=1S/C12H12ClN5O/c13-9-7-10(17-12(19)16-9)18-6-1-3-8(18)11-14-4-2-5-15-11/h2,4-5,7-8H,1,3,6H2,(H,16,17,19). The van der Waals surface area contributed by atoms with Crippen LogP contribution in [0.3, 0.4) is 0 Å². The Balaban J connectivity index is 1.97. The summed E-state index contributed by atoms with van der Waals surface area (Å²) in [5.41, 5.74) is -0.442. The van der Waals surface area contributed by atoms with Gasteiger partial charge in [-0.15, -0.1) is 0 Å². The zero-order valence-corrected chi connectivity index (χ0v) is 10.8. The third-order valence-corrected chi connectivity index (χ3v) is 3.33. The van der Waals surface area contributed by atoms with Crippen LogP contribution >= 0.6 is 11.6 Å². The Morgan fingerprint density at radius 3 is 2.89 bits per heavy atom. The lowest BCUT2D eigenvalue weighted by atomic mass is 10.2. The highest BCUT2D eigenvalue weighted by Gasteiger charge is 2.29. The fourth-order valence-corrected chi connectivity index (χ4v) is 2.53. The van der Waals surface area contributed by atoms with E-state index in [1.807, 2.05) is 4.90 Å². The third kappa shape index (κ3) is 2.44. The lowest BCUT2D eigenvalue weighted by Gasteiger charge is -2.24. The minimum Gasteiger partial charge on any atom is -0.346 e. The quantitative estimate of drug-likeness (QED) is 0.843. The van der Waals surface area contributed by atoms with Crippen molar-refractivity contribution in [2.45, 2.75) is 18.9 Å². The van der Waals surface area contributed by atoms with E-state index < -0.39 is 5.69 Å². The van der Waals surface area contributed by atoms with Crippen LogP contribution < -0.4 is 10.6 Å². The highest BCUT2D eigenvalue weighted by atomic mass is 35.5. The molecule has 2 aromatic rings. The van der Waals surface area contributed by atoms with Gasteiger partial charge in [0.15, 0.2) is 5.82 Å². The van der Waals surface area contributed by atoms with Crippen molar-refractivity contribution >= 4 is 17.4 Å². The molecule has 1 N–H and O–H groups in total. The number of anilines is 1. The van der Waals surface area contributed by atoms with Crippen molar-refractivity contribution in [3.63, 3.8) is 0 Å². The lowest BCUT2D eigenvalue weighted by Crippen LogP contribution is -2.27. The number of aromatic nitrogens is 4. The van der Waals surface area contributed by atoms with Gasteiger partial charge in [-0.25, -0.2) is 14.8 Å². The first-order valence-electron chi connectivity index (χ1n) is 6.04. The normalized spacial score (nSPS) is 18.8. The molecule has 0 radical (unpaired) electrons. The lowest BCUT2D eigenvalue weighted by molar-refractivity contribution is 0.658. The van der Waals surface area contributed by atoms with Gasteiger partial charge in [0, 0.05) is 25.0 Å². The van der Waals surface area contributed by atoms with E-state index >= 15 is 0 Å². The van der Waals surface area contributed by atoms with Gasteiger partial charge in [-0.05, 0) is 18.9 Å². The molecular weight excluding hydrogens is 266 g/mol. The van der Waals surface area contributed by atoms with Crippen LogP contribution in [0, 0.1) is 0 Å². The highest BCUT2D eigenvalue weighted by molar-refractivity contribution is 6.29. The van der Waals surface area contributed by atoms with Gasteiger partial charge in [0.1, 0.15) is 11.0 Å². The topological polar surface area (TPSA) is 74.8 Å². The molecule has 1 fully saturated rings. The van der Waals surface area contributed by atoms with Crippen LogP contribution in [0.2, 0.25) is 5.15 Å². The van der Waals surface area contributed by atoms with Crippen molar-refractivity contribution in [3.05, 3.63) is 46.0 Å². The van der Waals surface area contributed by atoms with Gasteiger partial charge in [-0.2, -0.15) is 4.98 Å². The van der Waals surface area contributed by atoms with E-state index in [-0.39, 0.29) is 11.2 Å². The number of nitrogens with one attached hydrogen (secondary N) is 1. The SMILES string of the molecule is O=c1nc(N2CCCC2c2ncccn2)cc(Cl)[nH]1. The second kappa shape index (κ2) is 4.97. The number of aromatic amines is 1. The van der Waals surface area contributed by atoms with Crippen LogP contribution in [-0.4, -0.2) is 26.5 Å². The van der Waals surface area contributed by atoms with Gasteiger partial charge in [-0.1, -0.05) is 11.6 Å². The molecule has 0 aliphatic carbocycles. The zero-order chi connectivity index (χ0) is 13.2. The maximum absolute atomic E-state index is 11.4. The first-order chi connectivity index (χ1) is 9.24. The Morgan fingerprint density at radius 1 is 1.37 bits per heavy atom. The largest absolute Gasteiger partial charge is 0.348 e. The van der Waals surface area contributed by atoms with Gasteiger partial charge in [0.05, 0.1) is 6.04 Å². The molecule has 3 rings (SSSR count). The molecule has 0 saturated carbocycles. The molecule has 0 bridgehead atoms. The predicted octanol–water partition coefficient (Wildman–Crippen LogP) is 1.55. The van der Waals surface area contributed by atoms with Crippen molar-refractivity contribution in [1.29, 1.82) is 0 Å². The van der Waals surface area contributed by atoms with Crippen LogP contribution in [0.5, 0.6) is 0 Å². The zero-order valence-electron chi connectivity index (χ0n) is 10.1. The van der Waals surface area contributed by atoms with Crippen molar-refractivity contribution in [3.8, 4) is 0 Å². The molecule has 1 atom stereocenters. The number of nitrogens with zero attached hydrogens (tertiary/aromatic N) is 4. The van der Waals surface area contributed by atoms with E-state index in [9.17, 15) is 4.79 Å². The number of hydrogen-bond acceptors (Lipinski definition) is 5. The predicted molar refractivity (Wildman–Crippen MR) is 71.2 cm³/mol. The molecular formula is C12H12ClN5O. The van der Waals surface area contributed by atoms with E-state index in [0.717, 1.165) is 25.2 Å². The van der Waals surface area contributed by atoms with Crippen LogP contribution in [0.25, 0.3) is 0 Å². The summed E-state index contributed by atoms with van der Waals surface area (Å²) in [7, 11) is 0. The second-order valence-corrected chi connectivity index (χ2v) is 4.76. The van der Waals surface area contributed by atoms with Crippen molar-refractivity contribution in [2.24, 2.45) is 0 Å². The van der Waals surface area contributed by atoms with E-state index in [4.69, 9.17) is 11.6 Å². The van der Waals surface area contributed by atoms with Crippen molar-refractivity contribution < 1.29 is 0 Å². The molecule has 0 spiro atoms. The second-order valence-electron chi connectivity index (χ2n) is 4.35. The van der Waals surface area contributed by atoms with Crippen LogP contribution in [0.15, 0.2) is 29.3 Å². The van der Waals surface area contributed by atoms with Crippen molar-refractivity contribution in [1.82, 2.24) is 19.9 Å². The number of H-pyrrole nitrogens is 1. The molecule has 2 aromatic heterocycles. The number of hydrogen-bond donors (Lipinski definition) is 1. The Hall–Kier alpha value is -1.95. The summed E-state index contributed by atoms with van der Waals surface area (Å²) in [6.07, 6.45) is 5.39. The maximum Gasteiger partial charge on any atom is 0.348 e. The van der Waals surface area contributed by atoms with Crippen LogP contribution in [0.4, 0.5) is 5.82 Å². The number of halogens is 1. The Labute approximate surface area is 114 Å². The van der Waals surface area contributed by atoms with Crippen LogP contribution in [0.1, 0.15) is 24.7 Å². The van der Waals surface area contributed by atoms with Gasteiger partial charge in [-0.3, -0.25) is 4.98 Å². The molecule has 3 heterocycles. The summed E-state index contributed by atoms with van der Waals surface area (Å²) in [6.45, 7) is 0.815. The minimum atomic E-state index is -0.442. The van der Waals surface area contributed by atoms with Gasteiger partial charge in [0.2, 0.25) is 0 Å². The summed E-state index contributed by atoms with van der Waals surface area (Å²) in [5, 5.41) is 0.287.